The molecule has 0 spiro atoms. The number of carbonyl (C=O) groups is 2. The summed E-state index contributed by atoms with van der Waals surface area (Å²) in [7, 11) is 0. The van der Waals surface area contributed by atoms with Crippen molar-refractivity contribution in [1.29, 1.82) is 0 Å². The molecule has 0 saturated carbocycles. The molecule has 1 aromatic rings. The van der Waals surface area contributed by atoms with Crippen molar-refractivity contribution in [3.8, 4) is 0 Å². The third-order valence-corrected chi connectivity index (χ3v) is 5.15. The van der Waals surface area contributed by atoms with Crippen molar-refractivity contribution in [3.05, 3.63) is 22.8 Å². The zero-order valence-electron chi connectivity index (χ0n) is 17.0. The highest BCUT2D eigenvalue weighted by Crippen LogP contribution is 2.36. The lowest BCUT2D eigenvalue weighted by Gasteiger charge is -2.34. The number of nitrogens with two attached hydrogens (primary N) is 1. The fourth-order valence-electron chi connectivity index (χ4n) is 3.65. The molecule has 2 N–H and O–H groups in total. The maximum Gasteiger partial charge on any atom is 0.451 e. The van der Waals surface area contributed by atoms with Crippen LogP contribution in [0.4, 0.5) is 26.3 Å². The predicted molar refractivity (Wildman–Crippen MR) is 95.7 cm³/mol. The van der Waals surface area contributed by atoms with Crippen LogP contribution in [0, 0.1) is 0 Å². The summed E-state index contributed by atoms with van der Waals surface area (Å²) >= 11 is 0. The molecule has 14 heteroatoms. The minimum absolute atomic E-state index is 0.0707. The van der Waals surface area contributed by atoms with Crippen LogP contribution in [0.1, 0.15) is 36.1 Å². The second kappa shape index (κ2) is 8.81. The van der Waals surface area contributed by atoms with Crippen LogP contribution in [0.3, 0.4) is 0 Å². The molecule has 2 atom stereocenters. The largest absolute Gasteiger partial charge is 0.451 e. The van der Waals surface area contributed by atoms with Crippen LogP contribution >= 0.6 is 0 Å². The van der Waals surface area contributed by atoms with E-state index in [4.69, 9.17) is 10.5 Å². The van der Waals surface area contributed by atoms with E-state index in [9.17, 15) is 35.9 Å². The number of amides is 2. The van der Waals surface area contributed by atoms with Crippen molar-refractivity contribution >= 4 is 11.8 Å². The van der Waals surface area contributed by atoms with Gasteiger partial charge in [0.25, 0.3) is 0 Å². The number of aromatic nitrogens is 2. The summed E-state index contributed by atoms with van der Waals surface area (Å²) in [6, 6.07) is -0.764. The molecule has 0 radical (unpaired) electrons. The average molecular weight is 469 g/mol. The van der Waals surface area contributed by atoms with E-state index in [2.05, 4.69) is 9.97 Å². The summed E-state index contributed by atoms with van der Waals surface area (Å²) in [6.45, 7) is 1.37. The Morgan fingerprint density at radius 2 is 1.91 bits per heavy atom. The number of rotatable bonds is 4. The van der Waals surface area contributed by atoms with Crippen molar-refractivity contribution in [2.24, 2.45) is 5.73 Å². The Morgan fingerprint density at radius 3 is 2.53 bits per heavy atom. The van der Waals surface area contributed by atoms with Gasteiger partial charge in [0.05, 0.1) is 18.3 Å². The highest BCUT2D eigenvalue weighted by atomic mass is 19.4. The molecular formula is C18H21F6N5O3. The number of nitrogens with zero attached hydrogens (tertiary/aromatic N) is 4. The molecule has 3 heterocycles. The normalized spacial score (nSPS) is 20.9. The Morgan fingerprint density at radius 1 is 1.22 bits per heavy atom. The SMILES string of the molecule is C[C@H]1CN(C[C@@H](N)CC(=O)N2CCc3c(nc(C(F)(F)F)nc3C(F)(F)F)C2)C(=O)CO1. The second-order valence-corrected chi connectivity index (χ2v) is 7.77. The molecule has 1 aromatic heterocycles. The Hall–Kier alpha value is -2.48. The van der Waals surface area contributed by atoms with Crippen molar-refractivity contribution in [2.45, 2.75) is 50.8 Å². The number of halogens is 6. The lowest BCUT2D eigenvalue weighted by Crippen LogP contribution is -2.51. The highest BCUT2D eigenvalue weighted by molar-refractivity contribution is 5.79. The monoisotopic (exact) mass is 469 g/mol. The first-order valence-corrected chi connectivity index (χ1v) is 9.72. The fourth-order valence-corrected chi connectivity index (χ4v) is 3.65. The third kappa shape index (κ3) is 5.46. The van der Waals surface area contributed by atoms with Crippen LogP contribution in [-0.2, 0) is 39.6 Å². The maximum absolute atomic E-state index is 13.3. The lowest BCUT2D eigenvalue weighted by molar-refractivity contribution is -0.153. The van der Waals surface area contributed by atoms with Gasteiger partial charge >= 0.3 is 12.4 Å². The first kappa shape index (κ1) is 24.2. The molecule has 178 valence electrons. The molecule has 1 fully saturated rings. The molecule has 0 bridgehead atoms. The summed E-state index contributed by atoms with van der Waals surface area (Å²) in [5, 5.41) is 0. The Balaban J connectivity index is 1.72. The van der Waals surface area contributed by atoms with E-state index in [1.54, 1.807) is 6.92 Å². The molecule has 0 unspecified atom stereocenters. The smallest absolute Gasteiger partial charge is 0.367 e. The molecule has 8 nitrogen and oxygen atoms in total. The number of ether oxygens (including phenoxy) is 1. The first-order chi connectivity index (χ1) is 14.8. The van der Waals surface area contributed by atoms with Gasteiger partial charge in [0.15, 0.2) is 5.69 Å². The van der Waals surface area contributed by atoms with E-state index in [0.29, 0.717) is 6.54 Å². The molecule has 0 aliphatic carbocycles. The number of fused-ring (bicyclic) bond motifs is 1. The van der Waals surface area contributed by atoms with E-state index >= 15 is 0 Å². The Kier molecular flexibility index (Phi) is 6.65. The quantitative estimate of drug-likeness (QED) is 0.669. The Bertz CT molecular complexity index is 891. The minimum Gasteiger partial charge on any atom is -0.367 e. The van der Waals surface area contributed by atoms with Crippen LogP contribution in [0.5, 0.6) is 0 Å². The van der Waals surface area contributed by atoms with Crippen LogP contribution in [0.15, 0.2) is 0 Å². The summed E-state index contributed by atoms with van der Waals surface area (Å²) in [6.07, 6.45) is -11.0. The van der Waals surface area contributed by atoms with Gasteiger partial charge in [-0.05, 0) is 13.3 Å². The van der Waals surface area contributed by atoms with Gasteiger partial charge in [0.1, 0.15) is 6.61 Å². The van der Waals surface area contributed by atoms with Gasteiger partial charge in [-0.15, -0.1) is 0 Å². The van der Waals surface area contributed by atoms with Gasteiger partial charge in [0.2, 0.25) is 17.6 Å². The highest BCUT2D eigenvalue weighted by Gasteiger charge is 2.43. The topological polar surface area (TPSA) is 102 Å². The maximum atomic E-state index is 13.3. The zero-order valence-corrected chi connectivity index (χ0v) is 17.0. The zero-order chi connectivity index (χ0) is 23.8. The third-order valence-electron chi connectivity index (χ3n) is 5.15. The van der Waals surface area contributed by atoms with Gasteiger partial charge in [-0.1, -0.05) is 0 Å². The minimum atomic E-state index is -5.18. The van der Waals surface area contributed by atoms with Gasteiger partial charge < -0.3 is 20.3 Å². The van der Waals surface area contributed by atoms with E-state index in [1.807, 2.05) is 0 Å². The van der Waals surface area contributed by atoms with Crippen molar-refractivity contribution in [2.75, 3.05) is 26.2 Å². The van der Waals surface area contributed by atoms with Crippen LogP contribution < -0.4 is 5.73 Å². The molecule has 2 aliphatic heterocycles. The van der Waals surface area contributed by atoms with Crippen molar-refractivity contribution in [1.82, 2.24) is 19.8 Å². The summed E-state index contributed by atoms with van der Waals surface area (Å²) in [5.74, 6) is -2.75. The van der Waals surface area contributed by atoms with Crippen molar-refractivity contribution in [3.63, 3.8) is 0 Å². The molecule has 2 amide bonds. The number of hydrogen-bond donors (Lipinski definition) is 1. The van der Waals surface area contributed by atoms with Crippen molar-refractivity contribution < 1.29 is 40.7 Å². The van der Waals surface area contributed by atoms with Gasteiger partial charge in [-0.2, -0.15) is 26.3 Å². The van der Waals surface area contributed by atoms with Gasteiger partial charge in [-0.25, -0.2) is 9.97 Å². The van der Waals surface area contributed by atoms with E-state index in [1.165, 1.54) is 4.90 Å². The average Bonchev–Trinajstić information content (AvgIpc) is 2.67. The Labute approximate surface area is 178 Å². The van der Waals surface area contributed by atoms with Crippen LogP contribution in [0.2, 0.25) is 0 Å². The summed E-state index contributed by atoms with van der Waals surface area (Å²) in [5.41, 5.74) is 3.38. The predicted octanol–water partition coefficient (Wildman–Crippen LogP) is 1.36. The number of carbonyl (C=O) groups excluding carboxylic acids is 2. The number of alkyl halides is 6. The van der Waals surface area contributed by atoms with E-state index in [0.717, 1.165) is 4.90 Å². The van der Waals surface area contributed by atoms with Gasteiger partial charge in [0, 0.05) is 37.7 Å². The standard InChI is InChI=1S/C18H21F6N5O3/c1-9-5-29(14(31)8-32-9)6-10(25)4-13(30)28-3-2-11-12(7-28)26-16(18(22,23)24)27-15(11)17(19,20)21/h9-10H,2-8,25H2,1H3/t9-,10-/m0/s1. The molecule has 1 saturated heterocycles. The summed E-state index contributed by atoms with van der Waals surface area (Å²) < 4.78 is 84.0. The van der Waals surface area contributed by atoms with Crippen LogP contribution in [-0.4, -0.2) is 70.0 Å². The molecule has 0 aromatic carbocycles. The molecule has 3 rings (SSSR count). The molecule has 32 heavy (non-hydrogen) atoms. The molecule has 2 aliphatic rings. The van der Waals surface area contributed by atoms with Crippen LogP contribution in [0.25, 0.3) is 0 Å². The second-order valence-electron chi connectivity index (χ2n) is 7.77. The van der Waals surface area contributed by atoms with Gasteiger partial charge in [-0.3, -0.25) is 9.59 Å². The lowest BCUT2D eigenvalue weighted by atomic mass is 10.0. The fraction of sp³-hybridized carbons (Fsp3) is 0.667. The first-order valence-electron chi connectivity index (χ1n) is 9.72. The summed E-state index contributed by atoms with van der Waals surface area (Å²) in [4.78, 5) is 33.0. The number of hydrogen-bond acceptors (Lipinski definition) is 6. The van der Waals surface area contributed by atoms with E-state index < -0.39 is 53.6 Å². The van der Waals surface area contributed by atoms with E-state index in [-0.39, 0.29) is 44.5 Å². The number of morpholine rings is 1. The molecular weight excluding hydrogens is 448 g/mol.